The van der Waals surface area contributed by atoms with Crippen LogP contribution in [-0.4, -0.2) is 42.2 Å². The number of rotatable bonds is 7. The van der Waals surface area contributed by atoms with Crippen molar-refractivity contribution in [3.8, 4) is 5.88 Å². The molecule has 96 valence electrons. The fourth-order valence-electron chi connectivity index (χ4n) is 1.48. The van der Waals surface area contributed by atoms with Gasteiger partial charge >= 0.3 is 0 Å². The molecule has 0 aliphatic carbocycles. The minimum atomic E-state index is 0.467. The van der Waals surface area contributed by atoms with Gasteiger partial charge in [-0.15, -0.1) is 0 Å². The lowest BCUT2D eigenvalue weighted by molar-refractivity contribution is 0.328. The van der Waals surface area contributed by atoms with E-state index in [-0.39, 0.29) is 0 Å². The average Bonchev–Trinajstić information content (AvgIpc) is 2.32. The van der Waals surface area contributed by atoms with Crippen molar-refractivity contribution in [1.82, 2.24) is 9.97 Å². The molecule has 0 saturated heterocycles. The number of aromatic nitrogens is 2. The number of hydrogen-bond donors (Lipinski definition) is 1. The van der Waals surface area contributed by atoms with E-state index in [0.29, 0.717) is 18.2 Å². The third kappa shape index (κ3) is 3.96. The summed E-state index contributed by atoms with van der Waals surface area (Å²) in [5, 5.41) is 0. The van der Waals surface area contributed by atoms with E-state index in [9.17, 15) is 0 Å². The summed E-state index contributed by atoms with van der Waals surface area (Å²) in [4.78, 5) is 10.3. The van der Waals surface area contributed by atoms with Crippen LogP contribution >= 0.6 is 11.8 Å². The zero-order valence-electron chi connectivity index (χ0n) is 10.6. The highest BCUT2D eigenvalue weighted by molar-refractivity contribution is 7.98. The minimum absolute atomic E-state index is 0.467. The minimum Gasteiger partial charge on any atom is -0.476 e. The zero-order valence-corrected chi connectivity index (χ0v) is 11.5. The molecule has 2 N–H and O–H groups in total. The van der Waals surface area contributed by atoms with Gasteiger partial charge in [0.2, 0.25) is 5.88 Å². The van der Waals surface area contributed by atoms with Crippen molar-refractivity contribution < 1.29 is 4.74 Å². The van der Waals surface area contributed by atoms with Crippen LogP contribution in [0.4, 0.5) is 11.5 Å². The number of nitrogen functional groups attached to an aromatic ring is 1. The van der Waals surface area contributed by atoms with Gasteiger partial charge in [-0.1, -0.05) is 0 Å². The maximum atomic E-state index is 5.98. The molecule has 0 aliphatic heterocycles. The Morgan fingerprint density at radius 2 is 2.24 bits per heavy atom. The van der Waals surface area contributed by atoms with Crippen molar-refractivity contribution in [2.24, 2.45) is 0 Å². The second-order valence-electron chi connectivity index (χ2n) is 3.62. The van der Waals surface area contributed by atoms with Crippen LogP contribution in [0.3, 0.4) is 0 Å². The predicted molar refractivity (Wildman–Crippen MR) is 73.9 cm³/mol. The third-order valence-electron chi connectivity index (χ3n) is 2.31. The van der Waals surface area contributed by atoms with Gasteiger partial charge in [0.1, 0.15) is 12.0 Å². The SMILES string of the molecule is CCOc1ncnc(N(C)CCCSC)c1N. The van der Waals surface area contributed by atoms with Gasteiger partial charge in [-0.2, -0.15) is 16.7 Å². The van der Waals surface area contributed by atoms with E-state index < -0.39 is 0 Å². The molecule has 5 nitrogen and oxygen atoms in total. The Morgan fingerprint density at radius 3 is 2.88 bits per heavy atom. The van der Waals surface area contributed by atoms with Gasteiger partial charge in [-0.05, 0) is 25.4 Å². The summed E-state index contributed by atoms with van der Waals surface area (Å²) in [5.41, 5.74) is 6.49. The van der Waals surface area contributed by atoms with Gasteiger partial charge in [-0.3, -0.25) is 0 Å². The van der Waals surface area contributed by atoms with Gasteiger partial charge in [-0.25, -0.2) is 4.98 Å². The molecule has 0 spiro atoms. The van der Waals surface area contributed by atoms with Gasteiger partial charge < -0.3 is 15.4 Å². The van der Waals surface area contributed by atoms with Gasteiger partial charge in [0.25, 0.3) is 0 Å². The van der Waals surface area contributed by atoms with Crippen molar-refractivity contribution in [2.45, 2.75) is 13.3 Å². The van der Waals surface area contributed by atoms with Crippen LogP contribution < -0.4 is 15.4 Å². The standard InChI is InChI=1S/C11H20N4OS/c1-4-16-11-9(12)10(13-8-14-11)15(2)6-5-7-17-3/h8H,4-7,12H2,1-3H3. The van der Waals surface area contributed by atoms with Crippen LogP contribution in [0.15, 0.2) is 6.33 Å². The smallest absolute Gasteiger partial charge is 0.242 e. The topological polar surface area (TPSA) is 64.3 Å². The van der Waals surface area contributed by atoms with E-state index in [4.69, 9.17) is 10.5 Å². The fraction of sp³-hybridized carbons (Fsp3) is 0.636. The average molecular weight is 256 g/mol. The molecular formula is C11H20N4OS. The number of ether oxygens (including phenoxy) is 1. The molecule has 17 heavy (non-hydrogen) atoms. The second-order valence-corrected chi connectivity index (χ2v) is 4.60. The Hall–Kier alpha value is -1.17. The lowest BCUT2D eigenvalue weighted by atomic mass is 10.4. The number of nitrogens with two attached hydrogens (primary N) is 1. The zero-order chi connectivity index (χ0) is 12.7. The Bertz CT molecular complexity index is 348. The molecule has 1 aromatic rings. The molecule has 0 unspecified atom stereocenters. The van der Waals surface area contributed by atoms with Crippen molar-refractivity contribution >= 4 is 23.3 Å². The van der Waals surface area contributed by atoms with Gasteiger partial charge in [0.05, 0.1) is 6.61 Å². The molecule has 6 heteroatoms. The lowest BCUT2D eigenvalue weighted by Gasteiger charge is -2.20. The molecule has 0 bridgehead atoms. The van der Waals surface area contributed by atoms with Gasteiger partial charge in [0, 0.05) is 13.6 Å². The first-order valence-electron chi connectivity index (χ1n) is 5.64. The first kappa shape index (κ1) is 13.9. The molecular weight excluding hydrogens is 236 g/mol. The van der Waals surface area contributed by atoms with Crippen molar-refractivity contribution in [3.05, 3.63) is 6.33 Å². The molecule has 0 fully saturated rings. The highest BCUT2D eigenvalue weighted by Gasteiger charge is 2.12. The van der Waals surface area contributed by atoms with Crippen LogP contribution in [-0.2, 0) is 0 Å². The molecule has 1 rings (SSSR count). The Morgan fingerprint density at radius 1 is 1.47 bits per heavy atom. The molecule has 0 atom stereocenters. The summed E-state index contributed by atoms with van der Waals surface area (Å²) in [5.74, 6) is 2.34. The van der Waals surface area contributed by atoms with Crippen molar-refractivity contribution in [1.29, 1.82) is 0 Å². The quantitative estimate of drug-likeness (QED) is 0.748. The largest absolute Gasteiger partial charge is 0.476 e. The summed E-state index contributed by atoms with van der Waals surface area (Å²) in [6.07, 6.45) is 4.69. The number of nitrogens with zero attached hydrogens (tertiary/aromatic N) is 3. The number of thioether (sulfide) groups is 1. The molecule has 0 saturated carbocycles. The first-order chi connectivity index (χ1) is 8.20. The number of anilines is 2. The normalized spacial score (nSPS) is 10.3. The molecule has 0 aliphatic rings. The maximum absolute atomic E-state index is 5.98. The Labute approximate surface area is 107 Å². The highest BCUT2D eigenvalue weighted by atomic mass is 32.2. The van der Waals surface area contributed by atoms with Gasteiger partial charge in [0.15, 0.2) is 5.82 Å². The molecule has 0 aromatic carbocycles. The van der Waals surface area contributed by atoms with E-state index >= 15 is 0 Å². The summed E-state index contributed by atoms with van der Waals surface area (Å²) >= 11 is 1.84. The van der Waals surface area contributed by atoms with Crippen LogP contribution in [0, 0.1) is 0 Å². The summed E-state index contributed by atoms with van der Waals surface area (Å²) in [7, 11) is 1.98. The Balaban J connectivity index is 2.72. The lowest BCUT2D eigenvalue weighted by Crippen LogP contribution is -2.22. The summed E-state index contributed by atoms with van der Waals surface area (Å²) in [6, 6.07) is 0. The second kappa shape index (κ2) is 7.21. The van der Waals surface area contributed by atoms with Crippen molar-refractivity contribution in [3.63, 3.8) is 0 Å². The van der Waals surface area contributed by atoms with E-state index in [1.807, 2.05) is 30.6 Å². The van der Waals surface area contributed by atoms with Crippen LogP contribution in [0.2, 0.25) is 0 Å². The predicted octanol–water partition coefficient (Wildman–Crippen LogP) is 1.65. The molecule has 0 radical (unpaired) electrons. The Kier molecular flexibility index (Phi) is 5.90. The highest BCUT2D eigenvalue weighted by Crippen LogP contribution is 2.26. The molecule has 0 amide bonds. The summed E-state index contributed by atoms with van der Waals surface area (Å²) < 4.78 is 5.35. The monoisotopic (exact) mass is 256 g/mol. The van der Waals surface area contributed by atoms with Crippen LogP contribution in [0.25, 0.3) is 0 Å². The van der Waals surface area contributed by atoms with E-state index in [2.05, 4.69) is 16.2 Å². The third-order valence-corrected chi connectivity index (χ3v) is 3.01. The van der Waals surface area contributed by atoms with Crippen LogP contribution in [0.1, 0.15) is 13.3 Å². The molecule has 1 heterocycles. The summed E-state index contributed by atoms with van der Waals surface area (Å²) in [6.45, 7) is 3.38. The van der Waals surface area contributed by atoms with Crippen LogP contribution in [0.5, 0.6) is 5.88 Å². The van der Waals surface area contributed by atoms with E-state index in [1.54, 1.807) is 0 Å². The van der Waals surface area contributed by atoms with E-state index in [1.165, 1.54) is 6.33 Å². The van der Waals surface area contributed by atoms with Crippen molar-refractivity contribution in [2.75, 3.05) is 42.8 Å². The fourth-order valence-corrected chi connectivity index (χ4v) is 1.90. The molecule has 1 aromatic heterocycles. The first-order valence-corrected chi connectivity index (χ1v) is 7.03. The maximum Gasteiger partial charge on any atom is 0.242 e. The number of hydrogen-bond acceptors (Lipinski definition) is 6. The van der Waals surface area contributed by atoms with E-state index in [0.717, 1.165) is 24.5 Å².